The first kappa shape index (κ1) is 21.7. The second-order valence-corrected chi connectivity index (χ2v) is 8.28. The predicted molar refractivity (Wildman–Crippen MR) is 120 cm³/mol. The number of hydrogen-bond acceptors (Lipinski definition) is 3. The molecule has 1 aliphatic rings. The average Bonchev–Trinajstić information content (AvgIpc) is 2.71. The number of amides is 1. The van der Waals surface area contributed by atoms with Crippen LogP contribution in [0.15, 0.2) is 36.4 Å². The minimum absolute atomic E-state index is 0.0147. The molecule has 0 saturated carbocycles. The van der Waals surface area contributed by atoms with Crippen LogP contribution in [0.3, 0.4) is 0 Å². The molecule has 0 atom stereocenters. The lowest BCUT2D eigenvalue weighted by molar-refractivity contribution is -0.116. The molecule has 0 radical (unpaired) electrons. The van der Waals surface area contributed by atoms with Crippen molar-refractivity contribution in [3.8, 4) is 5.75 Å². The molecule has 1 amide bonds. The van der Waals surface area contributed by atoms with Gasteiger partial charge in [0, 0.05) is 23.7 Å². The van der Waals surface area contributed by atoms with E-state index in [1.54, 1.807) is 0 Å². The van der Waals surface area contributed by atoms with Crippen LogP contribution in [0.2, 0.25) is 5.02 Å². The molecule has 1 saturated heterocycles. The quantitative estimate of drug-likeness (QED) is 0.560. The van der Waals surface area contributed by atoms with Crippen molar-refractivity contribution >= 4 is 23.2 Å². The van der Waals surface area contributed by atoms with E-state index in [4.69, 9.17) is 16.3 Å². The Morgan fingerprint density at radius 3 is 2.38 bits per heavy atom. The Balaban J connectivity index is 1.38. The minimum atomic E-state index is 0.0147. The SMILES string of the molecule is Cc1cc(OCCCC(=O)Nc2ccc(CN3CCCCC3)cc2)cc(C)c1Cl. The summed E-state index contributed by atoms with van der Waals surface area (Å²) in [4.78, 5) is 14.7. The summed E-state index contributed by atoms with van der Waals surface area (Å²) in [5.41, 5.74) is 4.15. The number of likely N-dealkylation sites (tertiary alicyclic amines) is 1. The Labute approximate surface area is 179 Å². The van der Waals surface area contributed by atoms with Crippen LogP contribution in [0.25, 0.3) is 0 Å². The Morgan fingerprint density at radius 2 is 1.72 bits per heavy atom. The number of anilines is 1. The van der Waals surface area contributed by atoms with Gasteiger partial charge in [-0.25, -0.2) is 0 Å². The molecule has 2 aromatic carbocycles. The Hall–Kier alpha value is -2.04. The predicted octanol–water partition coefficient (Wildman–Crippen LogP) is 5.74. The molecule has 0 bridgehead atoms. The summed E-state index contributed by atoms with van der Waals surface area (Å²) in [6.45, 7) is 7.81. The number of benzene rings is 2. The molecule has 0 aromatic heterocycles. The number of nitrogens with zero attached hydrogens (tertiary/aromatic N) is 1. The number of halogens is 1. The number of nitrogens with one attached hydrogen (secondary N) is 1. The second-order valence-electron chi connectivity index (χ2n) is 7.90. The van der Waals surface area contributed by atoms with E-state index in [0.717, 1.165) is 34.1 Å². The van der Waals surface area contributed by atoms with E-state index in [9.17, 15) is 4.79 Å². The summed E-state index contributed by atoms with van der Waals surface area (Å²) in [5, 5.41) is 3.75. The van der Waals surface area contributed by atoms with Crippen LogP contribution in [0.4, 0.5) is 5.69 Å². The molecule has 1 heterocycles. The molecule has 5 heteroatoms. The molecule has 0 aliphatic carbocycles. The van der Waals surface area contributed by atoms with Crippen LogP contribution >= 0.6 is 11.6 Å². The number of piperidine rings is 1. The van der Waals surface area contributed by atoms with Crippen molar-refractivity contribution in [2.45, 2.75) is 52.5 Å². The van der Waals surface area contributed by atoms with Gasteiger partial charge in [0.15, 0.2) is 0 Å². The fourth-order valence-corrected chi connectivity index (χ4v) is 3.81. The average molecular weight is 415 g/mol. The first-order chi connectivity index (χ1) is 14.0. The van der Waals surface area contributed by atoms with Crippen LogP contribution in [0.1, 0.15) is 48.8 Å². The summed E-state index contributed by atoms with van der Waals surface area (Å²) < 4.78 is 5.77. The van der Waals surface area contributed by atoms with Gasteiger partial charge in [0.05, 0.1) is 6.61 Å². The van der Waals surface area contributed by atoms with Crippen LogP contribution < -0.4 is 10.1 Å². The molecular weight excluding hydrogens is 384 g/mol. The van der Waals surface area contributed by atoms with Gasteiger partial charge in [-0.15, -0.1) is 0 Å². The van der Waals surface area contributed by atoms with E-state index in [1.165, 1.54) is 37.9 Å². The maximum atomic E-state index is 12.2. The molecule has 1 aliphatic heterocycles. The van der Waals surface area contributed by atoms with E-state index in [2.05, 4.69) is 22.3 Å². The van der Waals surface area contributed by atoms with Crippen LogP contribution in [-0.2, 0) is 11.3 Å². The highest BCUT2D eigenvalue weighted by Crippen LogP contribution is 2.26. The van der Waals surface area contributed by atoms with Crippen molar-refractivity contribution in [1.82, 2.24) is 4.90 Å². The lowest BCUT2D eigenvalue weighted by atomic mass is 10.1. The highest BCUT2D eigenvalue weighted by Gasteiger charge is 2.10. The third kappa shape index (κ3) is 6.76. The van der Waals surface area contributed by atoms with Gasteiger partial charge in [-0.2, -0.15) is 0 Å². The molecular formula is C24H31ClN2O2. The van der Waals surface area contributed by atoms with Crippen molar-refractivity contribution in [1.29, 1.82) is 0 Å². The summed E-state index contributed by atoms with van der Waals surface area (Å²) in [6, 6.07) is 12.1. The molecule has 0 unspecified atom stereocenters. The number of hydrogen-bond donors (Lipinski definition) is 1. The van der Waals surface area contributed by atoms with Crippen LogP contribution in [0.5, 0.6) is 5.75 Å². The maximum absolute atomic E-state index is 12.2. The van der Waals surface area contributed by atoms with Gasteiger partial charge >= 0.3 is 0 Å². The van der Waals surface area contributed by atoms with E-state index in [0.29, 0.717) is 19.4 Å². The molecule has 1 fully saturated rings. The summed E-state index contributed by atoms with van der Waals surface area (Å²) in [6.07, 6.45) is 5.05. The zero-order valence-electron chi connectivity index (χ0n) is 17.5. The van der Waals surface area contributed by atoms with Crippen molar-refractivity contribution in [3.63, 3.8) is 0 Å². The second kappa shape index (κ2) is 10.7. The maximum Gasteiger partial charge on any atom is 0.224 e. The highest BCUT2D eigenvalue weighted by molar-refractivity contribution is 6.32. The Morgan fingerprint density at radius 1 is 1.07 bits per heavy atom. The van der Waals surface area contributed by atoms with Crippen molar-refractivity contribution < 1.29 is 9.53 Å². The minimum Gasteiger partial charge on any atom is -0.494 e. The monoisotopic (exact) mass is 414 g/mol. The summed E-state index contributed by atoms with van der Waals surface area (Å²) in [7, 11) is 0. The lowest BCUT2D eigenvalue weighted by Gasteiger charge is -2.26. The number of ether oxygens (including phenoxy) is 1. The van der Waals surface area contributed by atoms with Gasteiger partial charge in [0.1, 0.15) is 5.75 Å². The van der Waals surface area contributed by atoms with Crippen molar-refractivity contribution in [2.24, 2.45) is 0 Å². The summed E-state index contributed by atoms with van der Waals surface area (Å²) >= 11 is 6.18. The van der Waals surface area contributed by atoms with Crippen molar-refractivity contribution in [3.05, 3.63) is 58.1 Å². The van der Waals surface area contributed by atoms with Crippen molar-refractivity contribution in [2.75, 3.05) is 25.0 Å². The van der Waals surface area contributed by atoms with Crippen LogP contribution in [0, 0.1) is 13.8 Å². The standard InChI is InChI=1S/C24H31ClN2O2/c1-18-15-22(16-19(2)24(18)25)29-14-6-7-23(28)26-21-10-8-20(9-11-21)17-27-12-4-3-5-13-27/h8-11,15-16H,3-7,12-14,17H2,1-2H3,(H,26,28). The molecule has 29 heavy (non-hydrogen) atoms. The first-order valence-corrected chi connectivity index (χ1v) is 10.9. The topological polar surface area (TPSA) is 41.6 Å². The fraction of sp³-hybridized carbons (Fsp3) is 0.458. The normalized spacial score (nSPS) is 14.6. The molecule has 156 valence electrons. The number of aryl methyl sites for hydroxylation is 2. The van der Waals surface area contributed by atoms with Gasteiger partial charge in [0.2, 0.25) is 5.91 Å². The lowest BCUT2D eigenvalue weighted by Crippen LogP contribution is -2.29. The molecule has 3 rings (SSSR count). The third-order valence-electron chi connectivity index (χ3n) is 5.32. The third-order valence-corrected chi connectivity index (χ3v) is 5.92. The number of carbonyl (C=O) groups excluding carboxylic acids is 1. The number of carbonyl (C=O) groups is 1. The van der Waals surface area contributed by atoms with Gasteiger partial charge in [-0.3, -0.25) is 9.69 Å². The number of rotatable bonds is 8. The molecule has 1 N–H and O–H groups in total. The molecule has 2 aromatic rings. The van der Waals surface area contributed by atoms with E-state index < -0.39 is 0 Å². The summed E-state index contributed by atoms with van der Waals surface area (Å²) in [5.74, 6) is 0.815. The van der Waals surface area contributed by atoms with Gasteiger partial charge in [-0.05, 0) is 87.2 Å². The smallest absolute Gasteiger partial charge is 0.224 e. The van der Waals surface area contributed by atoms with E-state index in [1.807, 2.05) is 38.1 Å². The van der Waals surface area contributed by atoms with Gasteiger partial charge < -0.3 is 10.1 Å². The van der Waals surface area contributed by atoms with E-state index >= 15 is 0 Å². The van der Waals surface area contributed by atoms with Gasteiger partial charge in [0.25, 0.3) is 0 Å². The first-order valence-electron chi connectivity index (χ1n) is 10.5. The Bertz CT molecular complexity index is 791. The largest absolute Gasteiger partial charge is 0.494 e. The molecule has 0 spiro atoms. The zero-order chi connectivity index (χ0) is 20.6. The van der Waals surface area contributed by atoms with Gasteiger partial charge in [-0.1, -0.05) is 30.2 Å². The van der Waals surface area contributed by atoms with E-state index in [-0.39, 0.29) is 5.91 Å². The fourth-order valence-electron chi connectivity index (χ4n) is 3.70. The van der Waals surface area contributed by atoms with Crippen LogP contribution in [-0.4, -0.2) is 30.5 Å². The Kier molecular flexibility index (Phi) is 7.96. The molecule has 4 nitrogen and oxygen atoms in total. The highest BCUT2D eigenvalue weighted by atomic mass is 35.5. The zero-order valence-corrected chi connectivity index (χ0v) is 18.2.